The number of halogens is 1. The summed E-state index contributed by atoms with van der Waals surface area (Å²) < 4.78 is 15.4. The number of thioether (sulfide) groups is 1. The largest absolute Gasteiger partial charge is 0.342 e. The minimum Gasteiger partial charge on any atom is -0.342 e. The van der Waals surface area contributed by atoms with Gasteiger partial charge in [-0.1, -0.05) is 41.6 Å². The molecule has 30 heavy (non-hydrogen) atoms. The zero-order valence-electron chi connectivity index (χ0n) is 16.8. The van der Waals surface area contributed by atoms with Gasteiger partial charge in [0.1, 0.15) is 5.82 Å². The average Bonchev–Trinajstić information content (AvgIpc) is 3.08. The Hall–Kier alpha value is -3.20. The predicted octanol–water partition coefficient (Wildman–Crippen LogP) is 3.48. The van der Waals surface area contributed by atoms with Crippen LogP contribution in [0.4, 0.5) is 10.1 Å². The van der Waals surface area contributed by atoms with Crippen molar-refractivity contribution in [2.75, 3.05) is 11.1 Å². The van der Waals surface area contributed by atoms with Gasteiger partial charge in [0, 0.05) is 12.6 Å². The molecule has 0 aliphatic heterocycles. The summed E-state index contributed by atoms with van der Waals surface area (Å²) >= 11 is 1.18. The minimum absolute atomic E-state index is 0.0460. The molecule has 156 valence electrons. The summed E-state index contributed by atoms with van der Waals surface area (Å²) in [5.41, 5.74) is 1.71. The summed E-state index contributed by atoms with van der Waals surface area (Å²) in [7, 11) is 1.77. The maximum absolute atomic E-state index is 13.6. The van der Waals surface area contributed by atoms with E-state index in [0.29, 0.717) is 16.5 Å². The van der Waals surface area contributed by atoms with Crippen molar-refractivity contribution in [3.8, 4) is 0 Å². The Morgan fingerprint density at radius 1 is 1.17 bits per heavy atom. The molecule has 0 saturated carbocycles. The number of carbonyl (C=O) groups excluding carboxylic acids is 2. The Kier molecular flexibility index (Phi) is 6.83. The fourth-order valence-corrected chi connectivity index (χ4v) is 3.56. The van der Waals surface area contributed by atoms with Crippen molar-refractivity contribution in [3.05, 3.63) is 71.3 Å². The molecule has 7 nitrogen and oxygen atoms in total. The number of benzene rings is 2. The van der Waals surface area contributed by atoms with Crippen LogP contribution in [-0.4, -0.2) is 32.3 Å². The maximum Gasteiger partial charge on any atom is 0.251 e. The van der Waals surface area contributed by atoms with Crippen molar-refractivity contribution in [1.82, 2.24) is 20.1 Å². The molecule has 1 aromatic heterocycles. The zero-order chi connectivity index (χ0) is 21.7. The van der Waals surface area contributed by atoms with E-state index in [4.69, 9.17) is 0 Å². The Bertz CT molecular complexity index is 1070. The van der Waals surface area contributed by atoms with E-state index in [1.54, 1.807) is 29.8 Å². The molecule has 9 heteroatoms. The predicted molar refractivity (Wildman–Crippen MR) is 114 cm³/mol. The van der Waals surface area contributed by atoms with Crippen LogP contribution in [-0.2, 0) is 11.8 Å². The zero-order valence-corrected chi connectivity index (χ0v) is 17.7. The summed E-state index contributed by atoms with van der Waals surface area (Å²) in [4.78, 5) is 24.6. The molecule has 2 N–H and O–H groups in total. The van der Waals surface area contributed by atoms with Crippen LogP contribution in [0.1, 0.15) is 34.7 Å². The highest BCUT2D eigenvalue weighted by Crippen LogP contribution is 2.20. The molecule has 0 radical (unpaired) electrons. The number of hydrogen-bond acceptors (Lipinski definition) is 5. The van der Waals surface area contributed by atoms with Crippen molar-refractivity contribution < 1.29 is 14.0 Å². The molecule has 0 unspecified atom stereocenters. The number of rotatable bonds is 7. The van der Waals surface area contributed by atoms with Crippen LogP contribution in [0, 0.1) is 12.7 Å². The SMILES string of the molecule is Cc1cccc(C(=O)N[C@@H](C)c2nnc(SCC(=O)Nc3ccccc3F)n2C)c1. The monoisotopic (exact) mass is 427 g/mol. The van der Waals surface area contributed by atoms with E-state index in [9.17, 15) is 14.0 Å². The Labute approximate surface area is 178 Å². The molecule has 2 amide bonds. The molecule has 2 aromatic carbocycles. The van der Waals surface area contributed by atoms with Gasteiger partial charge in [-0.25, -0.2) is 4.39 Å². The lowest BCUT2D eigenvalue weighted by Crippen LogP contribution is -2.28. The molecule has 1 heterocycles. The molecular formula is C21H22FN5O2S. The second kappa shape index (κ2) is 9.53. The van der Waals surface area contributed by atoms with Gasteiger partial charge < -0.3 is 15.2 Å². The summed E-state index contributed by atoms with van der Waals surface area (Å²) in [5, 5.41) is 14.2. The quantitative estimate of drug-likeness (QED) is 0.564. The highest BCUT2D eigenvalue weighted by atomic mass is 32.2. The first-order valence-electron chi connectivity index (χ1n) is 9.29. The van der Waals surface area contributed by atoms with Gasteiger partial charge in [-0.05, 0) is 38.1 Å². The van der Waals surface area contributed by atoms with Gasteiger partial charge in [-0.2, -0.15) is 0 Å². The number of hydrogen-bond donors (Lipinski definition) is 2. The van der Waals surface area contributed by atoms with Gasteiger partial charge in [0.2, 0.25) is 5.91 Å². The van der Waals surface area contributed by atoms with Gasteiger partial charge in [-0.15, -0.1) is 10.2 Å². The van der Waals surface area contributed by atoms with E-state index >= 15 is 0 Å². The highest BCUT2D eigenvalue weighted by molar-refractivity contribution is 7.99. The number of aromatic nitrogens is 3. The van der Waals surface area contributed by atoms with Crippen molar-refractivity contribution >= 4 is 29.3 Å². The molecule has 3 rings (SSSR count). The van der Waals surface area contributed by atoms with Crippen LogP contribution < -0.4 is 10.6 Å². The fourth-order valence-electron chi connectivity index (χ4n) is 2.84. The first-order chi connectivity index (χ1) is 14.3. The van der Waals surface area contributed by atoms with Crippen LogP contribution in [0.25, 0.3) is 0 Å². The number of anilines is 1. The van der Waals surface area contributed by atoms with Crippen LogP contribution in [0.15, 0.2) is 53.7 Å². The van der Waals surface area contributed by atoms with E-state index in [-0.39, 0.29) is 29.3 Å². The first kappa shape index (κ1) is 21.5. The molecule has 0 aliphatic rings. The Morgan fingerprint density at radius 2 is 1.93 bits per heavy atom. The van der Waals surface area contributed by atoms with Gasteiger partial charge >= 0.3 is 0 Å². The van der Waals surface area contributed by atoms with E-state index in [1.807, 2.05) is 32.0 Å². The van der Waals surface area contributed by atoms with Crippen molar-refractivity contribution in [2.45, 2.75) is 25.0 Å². The van der Waals surface area contributed by atoms with Crippen LogP contribution in [0.5, 0.6) is 0 Å². The minimum atomic E-state index is -0.491. The maximum atomic E-state index is 13.6. The lowest BCUT2D eigenvalue weighted by Gasteiger charge is -2.14. The van der Waals surface area contributed by atoms with Crippen LogP contribution in [0.3, 0.4) is 0 Å². The topological polar surface area (TPSA) is 88.9 Å². The molecule has 0 spiro atoms. The average molecular weight is 428 g/mol. The molecule has 0 aliphatic carbocycles. The second-order valence-corrected chi connectivity index (χ2v) is 7.72. The lowest BCUT2D eigenvalue weighted by molar-refractivity contribution is -0.113. The molecule has 0 saturated heterocycles. The van der Waals surface area contributed by atoms with Gasteiger partial charge in [0.15, 0.2) is 11.0 Å². The van der Waals surface area contributed by atoms with Crippen LogP contribution in [0.2, 0.25) is 0 Å². The van der Waals surface area contributed by atoms with E-state index in [2.05, 4.69) is 20.8 Å². The highest BCUT2D eigenvalue weighted by Gasteiger charge is 2.19. The van der Waals surface area contributed by atoms with Crippen LogP contribution >= 0.6 is 11.8 Å². The number of para-hydroxylation sites is 1. The third-order valence-corrected chi connectivity index (χ3v) is 5.38. The van der Waals surface area contributed by atoms with E-state index < -0.39 is 5.82 Å². The lowest BCUT2D eigenvalue weighted by atomic mass is 10.1. The van der Waals surface area contributed by atoms with E-state index in [1.165, 1.54) is 23.9 Å². The third-order valence-electron chi connectivity index (χ3n) is 4.36. The van der Waals surface area contributed by atoms with Gasteiger partial charge in [-0.3, -0.25) is 9.59 Å². The van der Waals surface area contributed by atoms with Gasteiger partial charge in [0.05, 0.1) is 17.5 Å². The number of carbonyl (C=O) groups is 2. The summed E-state index contributed by atoms with van der Waals surface area (Å²) in [6.07, 6.45) is 0. The Morgan fingerprint density at radius 3 is 2.67 bits per heavy atom. The molecule has 3 aromatic rings. The number of nitrogens with zero attached hydrogens (tertiary/aromatic N) is 3. The van der Waals surface area contributed by atoms with Gasteiger partial charge in [0.25, 0.3) is 5.91 Å². The summed E-state index contributed by atoms with van der Waals surface area (Å²) in [6.45, 7) is 3.74. The van der Waals surface area contributed by atoms with Crippen molar-refractivity contribution in [2.24, 2.45) is 7.05 Å². The normalized spacial score (nSPS) is 11.7. The smallest absolute Gasteiger partial charge is 0.251 e. The first-order valence-corrected chi connectivity index (χ1v) is 10.3. The summed E-state index contributed by atoms with van der Waals surface area (Å²) in [5.74, 6) is -0.434. The Balaban J connectivity index is 1.59. The molecule has 0 bridgehead atoms. The third kappa shape index (κ3) is 5.24. The van der Waals surface area contributed by atoms with E-state index in [0.717, 1.165) is 5.56 Å². The van der Waals surface area contributed by atoms with Crippen molar-refractivity contribution in [1.29, 1.82) is 0 Å². The van der Waals surface area contributed by atoms with Crippen molar-refractivity contribution in [3.63, 3.8) is 0 Å². The summed E-state index contributed by atoms with van der Waals surface area (Å²) in [6, 6.07) is 12.9. The number of nitrogens with one attached hydrogen (secondary N) is 2. The standard InChI is InChI=1S/C21H22FN5O2S/c1-13-7-6-8-15(11-13)20(29)23-14(2)19-25-26-21(27(19)3)30-12-18(28)24-17-10-5-4-9-16(17)22/h4-11,14H,12H2,1-3H3,(H,23,29)(H,24,28)/t14-/m0/s1. The number of amides is 2. The number of aryl methyl sites for hydroxylation is 1. The second-order valence-electron chi connectivity index (χ2n) is 6.78. The molecule has 0 fully saturated rings. The molecular weight excluding hydrogens is 405 g/mol. The fraction of sp³-hybridized carbons (Fsp3) is 0.238. The molecule has 1 atom stereocenters.